The van der Waals surface area contributed by atoms with E-state index in [0.29, 0.717) is 6.54 Å². The maximum Gasteiger partial charge on any atom is 0.304 e. The van der Waals surface area contributed by atoms with Crippen LogP contribution in [0, 0.1) is 0 Å². The number of nitrogens with zero attached hydrogens (tertiary/aromatic N) is 3. The van der Waals surface area contributed by atoms with Crippen LogP contribution < -0.4 is 0 Å². The van der Waals surface area contributed by atoms with Crippen molar-refractivity contribution in [3.8, 4) is 0 Å². The highest BCUT2D eigenvalue weighted by molar-refractivity contribution is 5.66. The third-order valence-electron chi connectivity index (χ3n) is 2.01. The fourth-order valence-electron chi connectivity index (χ4n) is 1.10. The van der Waals surface area contributed by atoms with E-state index in [1.54, 1.807) is 12.5 Å². The number of rotatable bonds is 6. The molecule has 0 unspecified atom stereocenters. The second kappa shape index (κ2) is 5.39. The molecule has 0 amide bonds. The Morgan fingerprint density at radius 3 is 2.93 bits per heavy atom. The van der Waals surface area contributed by atoms with Gasteiger partial charge in [0.15, 0.2) is 0 Å². The molecule has 14 heavy (non-hydrogen) atoms. The quantitative estimate of drug-likeness (QED) is 0.712. The Kier molecular flexibility index (Phi) is 4.12. The fraction of sp³-hybridized carbons (Fsp3) is 0.556. The molecule has 0 atom stereocenters. The lowest BCUT2D eigenvalue weighted by Gasteiger charge is -2.15. The highest BCUT2D eigenvalue weighted by Gasteiger charge is 2.01. The molecule has 0 saturated carbocycles. The lowest BCUT2D eigenvalue weighted by molar-refractivity contribution is -0.137. The standard InChI is InChI=1S/C9H15N3O2/c1-11(4-2-9(13)14)6-7-12-5-3-10-8-12/h3,5,8H,2,4,6-7H2,1H3,(H,13,14). The molecule has 1 N–H and O–H groups in total. The van der Waals surface area contributed by atoms with E-state index in [-0.39, 0.29) is 6.42 Å². The van der Waals surface area contributed by atoms with Gasteiger partial charge in [0.2, 0.25) is 0 Å². The summed E-state index contributed by atoms with van der Waals surface area (Å²) in [7, 11) is 1.92. The van der Waals surface area contributed by atoms with E-state index < -0.39 is 5.97 Å². The molecule has 1 aromatic rings. The number of aromatic nitrogens is 2. The number of carboxylic acids is 1. The Bertz CT molecular complexity index is 272. The zero-order valence-electron chi connectivity index (χ0n) is 8.26. The van der Waals surface area contributed by atoms with Crippen molar-refractivity contribution in [1.82, 2.24) is 14.5 Å². The van der Waals surface area contributed by atoms with Crippen LogP contribution in [0.15, 0.2) is 18.7 Å². The fourth-order valence-corrected chi connectivity index (χ4v) is 1.10. The molecule has 0 spiro atoms. The Morgan fingerprint density at radius 1 is 1.57 bits per heavy atom. The van der Waals surface area contributed by atoms with Crippen molar-refractivity contribution in [2.75, 3.05) is 20.1 Å². The predicted octanol–water partition coefficient (Wildman–Crippen LogP) is 0.290. The van der Waals surface area contributed by atoms with Gasteiger partial charge in [0.1, 0.15) is 0 Å². The summed E-state index contributed by atoms with van der Waals surface area (Å²) in [6.45, 7) is 2.27. The van der Waals surface area contributed by atoms with Crippen molar-refractivity contribution < 1.29 is 9.90 Å². The van der Waals surface area contributed by atoms with E-state index in [0.717, 1.165) is 13.1 Å². The third kappa shape index (κ3) is 4.04. The van der Waals surface area contributed by atoms with Crippen molar-refractivity contribution in [1.29, 1.82) is 0 Å². The topological polar surface area (TPSA) is 58.4 Å². The van der Waals surface area contributed by atoms with E-state index in [1.807, 2.05) is 22.7 Å². The molecule has 0 aliphatic heterocycles. The molecule has 5 nitrogen and oxygen atoms in total. The second-order valence-corrected chi connectivity index (χ2v) is 3.25. The molecule has 0 radical (unpaired) electrons. The SMILES string of the molecule is CN(CCC(=O)O)CCn1ccnc1. The predicted molar refractivity (Wildman–Crippen MR) is 52.0 cm³/mol. The van der Waals surface area contributed by atoms with Gasteiger partial charge in [0, 0.05) is 32.0 Å². The summed E-state index contributed by atoms with van der Waals surface area (Å²) in [6, 6.07) is 0. The largest absolute Gasteiger partial charge is 0.481 e. The number of imidazole rings is 1. The molecule has 0 bridgehead atoms. The van der Waals surface area contributed by atoms with Gasteiger partial charge in [-0.05, 0) is 7.05 Å². The highest BCUT2D eigenvalue weighted by atomic mass is 16.4. The van der Waals surface area contributed by atoms with Crippen LogP contribution in [0.2, 0.25) is 0 Å². The minimum atomic E-state index is -0.750. The van der Waals surface area contributed by atoms with Gasteiger partial charge in [-0.2, -0.15) is 0 Å². The smallest absolute Gasteiger partial charge is 0.304 e. The minimum Gasteiger partial charge on any atom is -0.481 e. The van der Waals surface area contributed by atoms with Crippen LogP contribution in [-0.4, -0.2) is 45.7 Å². The number of carbonyl (C=O) groups is 1. The summed E-state index contributed by atoms with van der Waals surface area (Å²) in [5, 5.41) is 8.47. The number of carboxylic acid groups (broad SMARTS) is 1. The van der Waals surface area contributed by atoms with Gasteiger partial charge >= 0.3 is 5.97 Å². The Balaban J connectivity index is 2.15. The van der Waals surface area contributed by atoms with E-state index in [9.17, 15) is 4.79 Å². The Morgan fingerprint density at radius 2 is 2.36 bits per heavy atom. The molecule has 1 heterocycles. The first kappa shape index (κ1) is 10.7. The Labute approximate surface area is 83.0 Å². The van der Waals surface area contributed by atoms with Gasteiger partial charge in [0.05, 0.1) is 12.7 Å². The maximum absolute atomic E-state index is 10.3. The zero-order chi connectivity index (χ0) is 10.4. The van der Waals surface area contributed by atoms with Crippen LogP contribution in [0.5, 0.6) is 0 Å². The highest BCUT2D eigenvalue weighted by Crippen LogP contribution is 1.91. The molecule has 0 aliphatic rings. The third-order valence-corrected chi connectivity index (χ3v) is 2.01. The molecule has 1 aromatic heterocycles. The average Bonchev–Trinajstić information content (AvgIpc) is 2.63. The summed E-state index contributed by atoms with van der Waals surface area (Å²) in [6.07, 6.45) is 5.58. The maximum atomic E-state index is 10.3. The van der Waals surface area contributed by atoms with Gasteiger partial charge in [-0.1, -0.05) is 0 Å². The monoisotopic (exact) mass is 197 g/mol. The van der Waals surface area contributed by atoms with Crippen molar-refractivity contribution in [2.45, 2.75) is 13.0 Å². The van der Waals surface area contributed by atoms with Gasteiger partial charge in [-0.3, -0.25) is 4.79 Å². The minimum absolute atomic E-state index is 0.195. The average molecular weight is 197 g/mol. The summed E-state index contributed by atoms with van der Waals surface area (Å²) in [5.41, 5.74) is 0. The molecule has 0 aromatic carbocycles. The van der Waals surface area contributed by atoms with Crippen LogP contribution >= 0.6 is 0 Å². The summed E-state index contributed by atoms with van der Waals surface area (Å²) in [4.78, 5) is 16.2. The van der Waals surface area contributed by atoms with Gasteiger partial charge in [-0.15, -0.1) is 0 Å². The second-order valence-electron chi connectivity index (χ2n) is 3.25. The van der Waals surface area contributed by atoms with Crippen LogP contribution in [0.3, 0.4) is 0 Å². The van der Waals surface area contributed by atoms with Crippen LogP contribution in [-0.2, 0) is 11.3 Å². The zero-order valence-corrected chi connectivity index (χ0v) is 8.26. The molecule has 0 aliphatic carbocycles. The van der Waals surface area contributed by atoms with Crippen molar-refractivity contribution in [3.05, 3.63) is 18.7 Å². The first-order chi connectivity index (χ1) is 6.68. The molecule has 5 heteroatoms. The molecule has 1 rings (SSSR count). The molecular formula is C9H15N3O2. The first-order valence-electron chi connectivity index (χ1n) is 4.54. The van der Waals surface area contributed by atoms with Crippen molar-refractivity contribution in [2.24, 2.45) is 0 Å². The van der Waals surface area contributed by atoms with Gasteiger partial charge in [0.25, 0.3) is 0 Å². The normalized spacial score (nSPS) is 10.7. The van der Waals surface area contributed by atoms with Crippen LogP contribution in [0.1, 0.15) is 6.42 Å². The van der Waals surface area contributed by atoms with Gasteiger partial charge in [-0.25, -0.2) is 4.98 Å². The summed E-state index contributed by atoms with van der Waals surface area (Å²) in [5.74, 6) is -0.750. The Hall–Kier alpha value is -1.36. The number of hydrogen-bond acceptors (Lipinski definition) is 3. The lowest BCUT2D eigenvalue weighted by atomic mass is 10.4. The van der Waals surface area contributed by atoms with Gasteiger partial charge < -0.3 is 14.6 Å². The van der Waals surface area contributed by atoms with Crippen LogP contribution in [0.4, 0.5) is 0 Å². The summed E-state index contributed by atoms with van der Waals surface area (Å²) >= 11 is 0. The number of aliphatic carboxylic acids is 1. The number of likely N-dealkylation sites (N-methyl/N-ethyl adjacent to an activating group) is 1. The molecule has 0 fully saturated rings. The van der Waals surface area contributed by atoms with Crippen molar-refractivity contribution >= 4 is 5.97 Å². The van der Waals surface area contributed by atoms with E-state index in [2.05, 4.69) is 4.98 Å². The first-order valence-corrected chi connectivity index (χ1v) is 4.54. The molecule has 78 valence electrons. The van der Waals surface area contributed by atoms with Crippen molar-refractivity contribution in [3.63, 3.8) is 0 Å². The van der Waals surface area contributed by atoms with E-state index in [1.165, 1.54) is 0 Å². The van der Waals surface area contributed by atoms with Crippen LogP contribution in [0.25, 0.3) is 0 Å². The molecule has 0 saturated heterocycles. The van der Waals surface area contributed by atoms with E-state index >= 15 is 0 Å². The number of hydrogen-bond donors (Lipinski definition) is 1. The summed E-state index contributed by atoms with van der Waals surface area (Å²) < 4.78 is 1.97. The van der Waals surface area contributed by atoms with E-state index in [4.69, 9.17) is 5.11 Å². The lowest BCUT2D eigenvalue weighted by Crippen LogP contribution is -2.25. The molecular weight excluding hydrogens is 182 g/mol.